The number of hydrogen-bond acceptors (Lipinski definition) is 6. The first kappa shape index (κ1) is 20.8. The van der Waals surface area contributed by atoms with Gasteiger partial charge in [-0.3, -0.25) is 4.79 Å². The summed E-state index contributed by atoms with van der Waals surface area (Å²) >= 11 is 1.57. The second-order valence-corrected chi connectivity index (χ2v) is 10.6. The summed E-state index contributed by atoms with van der Waals surface area (Å²) in [5, 5.41) is 5.75. The lowest BCUT2D eigenvalue weighted by Gasteiger charge is -2.19. The van der Waals surface area contributed by atoms with Crippen molar-refractivity contribution in [2.45, 2.75) is 43.5 Å². The number of rotatable bonds is 6. The van der Waals surface area contributed by atoms with Crippen molar-refractivity contribution in [2.75, 3.05) is 24.5 Å². The maximum Gasteiger partial charge on any atom is 0.241 e. The predicted molar refractivity (Wildman–Crippen MR) is 111 cm³/mol. The highest BCUT2D eigenvalue weighted by Crippen LogP contribution is 2.24. The van der Waals surface area contributed by atoms with Gasteiger partial charge < -0.3 is 10.2 Å². The normalized spacial score (nSPS) is 17.7. The van der Waals surface area contributed by atoms with Gasteiger partial charge in [0.2, 0.25) is 15.9 Å². The minimum absolute atomic E-state index is 0.00743. The third-order valence-corrected chi connectivity index (χ3v) is 6.95. The van der Waals surface area contributed by atoms with E-state index in [4.69, 9.17) is 0 Å². The average molecular weight is 423 g/mol. The van der Waals surface area contributed by atoms with Crippen molar-refractivity contribution in [3.05, 3.63) is 41.4 Å². The number of carbonyl (C=O) groups is 1. The SMILES string of the molecule is CC(C)(C)c1ccc(S(=O)(=O)NCC(=O)NC2CCN(c3nccs3)C2)cc1. The van der Waals surface area contributed by atoms with E-state index in [1.807, 2.05) is 5.38 Å². The van der Waals surface area contributed by atoms with Gasteiger partial charge in [-0.2, -0.15) is 0 Å². The molecule has 1 fully saturated rings. The molecule has 152 valence electrons. The van der Waals surface area contributed by atoms with Crippen molar-refractivity contribution >= 4 is 32.4 Å². The number of aromatic nitrogens is 1. The van der Waals surface area contributed by atoms with Crippen molar-refractivity contribution in [2.24, 2.45) is 0 Å². The largest absolute Gasteiger partial charge is 0.350 e. The zero-order chi connectivity index (χ0) is 20.4. The van der Waals surface area contributed by atoms with Crippen LogP contribution in [0.15, 0.2) is 40.7 Å². The Labute approximate surface area is 170 Å². The molecule has 1 aliphatic rings. The third-order valence-electron chi connectivity index (χ3n) is 4.70. The molecule has 0 spiro atoms. The fourth-order valence-electron chi connectivity index (χ4n) is 3.08. The van der Waals surface area contributed by atoms with Crippen molar-refractivity contribution in [1.29, 1.82) is 0 Å². The molecule has 2 N–H and O–H groups in total. The number of thiazole rings is 1. The molecule has 0 aliphatic carbocycles. The quantitative estimate of drug-likeness (QED) is 0.744. The molecule has 2 heterocycles. The van der Waals surface area contributed by atoms with E-state index in [0.717, 1.165) is 23.7 Å². The summed E-state index contributed by atoms with van der Waals surface area (Å²) in [5.74, 6) is -0.333. The number of carbonyl (C=O) groups excluding carboxylic acids is 1. The maximum atomic E-state index is 12.4. The summed E-state index contributed by atoms with van der Waals surface area (Å²) in [6.07, 6.45) is 2.57. The van der Waals surface area contributed by atoms with Crippen LogP contribution in [-0.4, -0.2) is 45.0 Å². The first-order chi connectivity index (χ1) is 13.1. The smallest absolute Gasteiger partial charge is 0.241 e. The van der Waals surface area contributed by atoms with Crippen LogP contribution in [0.2, 0.25) is 0 Å². The molecular weight excluding hydrogens is 396 g/mol. The molecule has 0 bridgehead atoms. The van der Waals surface area contributed by atoms with Crippen LogP contribution >= 0.6 is 11.3 Å². The Balaban J connectivity index is 1.51. The van der Waals surface area contributed by atoms with E-state index in [-0.39, 0.29) is 28.8 Å². The molecule has 0 radical (unpaired) electrons. The molecule has 1 amide bonds. The number of benzene rings is 1. The molecule has 9 heteroatoms. The zero-order valence-electron chi connectivity index (χ0n) is 16.3. The van der Waals surface area contributed by atoms with Crippen LogP contribution in [0.25, 0.3) is 0 Å². The van der Waals surface area contributed by atoms with E-state index in [9.17, 15) is 13.2 Å². The van der Waals surface area contributed by atoms with Crippen LogP contribution < -0.4 is 14.9 Å². The van der Waals surface area contributed by atoms with Crippen molar-refractivity contribution in [1.82, 2.24) is 15.0 Å². The molecule has 0 saturated carbocycles. The number of amides is 1. The van der Waals surface area contributed by atoms with Crippen LogP contribution in [0.3, 0.4) is 0 Å². The summed E-state index contributed by atoms with van der Waals surface area (Å²) in [7, 11) is -3.73. The van der Waals surface area contributed by atoms with Gasteiger partial charge in [0.15, 0.2) is 5.13 Å². The van der Waals surface area contributed by atoms with Gasteiger partial charge >= 0.3 is 0 Å². The van der Waals surface area contributed by atoms with Crippen LogP contribution in [0.4, 0.5) is 5.13 Å². The number of sulfonamides is 1. The first-order valence-electron chi connectivity index (χ1n) is 9.19. The molecule has 1 aromatic carbocycles. The number of anilines is 1. The van der Waals surface area contributed by atoms with E-state index in [1.165, 1.54) is 0 Å². The summed E-state index contributed by atoms with van der Waals surface area (Å²) in [5.41, 5.74) is 0.999. The van der Waals surface area contributed by atoms with Crippen LogP contribution in [0, 0.1) is 0 Å². The molecule has 3 rings (SSSR count). The summed E-state index contributed by atoms with van der Waals surface area (Å²) < 4.78 is 27.3. The highest BCUT2D eigenvalue weighted by atomic mass is 32.2. The lowest BCUT2D eigenvalue weighted by atomic mass is 9.87. The van der Waals surface area contributed by atoms with Gasteiger partial charge in [0.25, 0.3) is 0 Å². The first-order valence-corrected chi connectivity index (χ1v) is 11.6. The lowest BCUT2D eigenvalue weighted by molar-refractivity contribution is -0.120. The van der Waals surface area contributed by atoms with Gasteiger partial charge in [-0.1, -0.05) is 32.9 Å². The average Bonchev–Trinajstić information content (AvgIpc) is 3.31. The molecule has 1 aromatic heterocycles. The molecule has 7 nitrogen and oxygen atoms in total. The Morgan fingerprint density at radius 2 is 2.00 bits per heavy atom. The Morgan fingerprint density at radius 1 is 1.29 bits per heavy atom. The Morgan fingerprint density at radius 3 is 2.61 bits per heavy atom. The Hall–Kier alpha value is -1.97. The molecule has 1 atom stereocenters. The molecule has 1 unspecified atom stereocenters. The van der Waals surface area contributed by atoms with E-state index >= 15 is 0 Å². The topological polar surface area (TPSA) is 91.4 Å². The molecule has 28 heavy (non-hydrogen) atoms. The fourth-order valence-corrected chi connectivity index (χ4v) is 4.74. The van der Waals surface area contributed by atoms with Crippen molar-refractivity contribution in [3.63, 3.8) is 0 Å². The van der Waals surface area contributed by atoms with Crippen LogP contribution in [0.1, 0.15) is 32.8 Å². The lowest BCUT2D eigenvalue weighted by Crippen LogP contribution is -2.43. The van der Waals surface area contributed by atoms with Gasteiger partial charge in [-0.25, -0.2) is 18.1 Å². The Kier molecular flexibility index (Phi) is 6.07. The monoisotopic (exact) mass is 422 g/mol. The van der Waals surface area contributed by atoms with Gasteiger partial charge in [-0.15, -0.1) is 11.3 Å². The predicted octanol–water partition coefficient (Wildman–Crippen LogP) is 2.11. The number of nitrogens with one attached hydrogen (secondary N) is 2. The molecule has 2 aromatic rings. The van der Waals surface area contributed by atoms with Gasteiger partial charge in [-0.05, 0) is 29.5 Å². The number of nitrogens with zero attached hydrogens (tertiary/aromatic N) is 2. The maximum absolute atomic E-state index is 12.4. The Bertz CT molecular complexity index is 904. The highest BCUT2D eigenvalue weighted by Gasteiger charge is 2.26. The fraction of sp³-hybridized carbons (Fsp3) is 0.474. The second-order valence-electron chi connectivity index (χ2n) is 7.91. The van der Waals surface area contributed by atoms with Crippen molar-refractivity contribution in [3.8, 4) is 0 Å². The second kappa shape index (κ2) is 8.18. The summed E-state index contributed by atoms with van der Waals surface area (Å²) in [6.45, 7) is 7.43. The van der Waals surface area contributed by atoms with E-state index in [1.54, 1.807) is 41.8 Å². The van der Waals surface area contributed by atoms with E-state index in [2.05, 4.69) is 40.7 Å². The number of hydrogen-bond donors (Lipinski definition) is 2. The molecular formula is C19H26N4O3S2. The molecule has 1 saturated heterocycles. The molecule has 1 aliphatic heterocycles. The van der Waals surface area contributed by atoms with Gasteiger partial charge in [0.05, 0.1) is 11.4 Å². The minimum atomic E-state index is -3.73. The highest BCUT2D eigenvalue weighted by molar-refractivity contribution is 7.89. The third kappa shape index (κ3) is 5.09. The summed E-state index contributed by atoms with van der Waals surface area (Å²) in [4.78, 5) is 18.7. The van der Waals surface area contributed by atoms with Gasteiger partial charge in [0, 0.05) is 30.7 Å². The van der Waals surface area contributed by atoms with Crippen LogP contribution in [-0.2, 0) is 20.2 Å². The van der Waals surface area contributed by atoms with E-state index < -0.39 is 10.0 Å². The standard InChI is InChI=1S/C19H26N4O3S2/c1-19(2,3)14-4-6-16(7-5-14)28(25,26)21-12-17(24)22-15-8-10-23(13-15)18-20-9-11-27-18/h4-7,9,11,15,21H,8,10,12-13H2,1-3H3,(H,22,24). The van der Waals surface area contributed by atoms with E-state index in [0.29, 0.717) is 6.54 Å². The van der Waals surface area contributed by atoms with Crippen molar-refractivity contribution < 1.29 is 13.2 Å². The van der Waals surface area contributed by atoms with Gasteiger partial charge in [0.1, 0.15) is 0 Å². The zero-order valence-corrected chi connectivity index (χ0v) is 17.9. The summed E-state index contributed by atoms with van der Waals surface area (Å²) in [6, 6.07) is 6.75. The minimum Gasteiger partial charge on any atom is -0.350 e. The van der Waals surface area contributed by atoms with Crippen LogP contribution in [0.5, 0.6) is 0 Å².